The molecular formula is C10H12ClNO4. The monoisotopic (exact) mass is 245 g/mol. The van der Waals surface area contributed by atoms with Crippen molar-refractivity contribution in [2.45, 2.75) is 6.04 Å². The van der Waals surface area contributed by atoms with E-state index in [2.05, 4.69) is 4.74 Å². The molecule has 0 aliphatic rings. The zero-order valence-corrected chi connectivity index (χ0v) is 9.36. The summed E-state index contributed by atoms with van der Waals surface area (Å²) in [5.74, 6) is -1.78. The first kappa shape index (κ1) is 14.4. The van der Waals surface area contributed by atoms with E-state index in [4.69, 9.17) is 10.8 Å². The molecule has 0 bridgehead atoms. The lowest BCUT2D eigenvalue weighted by molar-refractivity contribution is -0.142. The Labute approximate surface area is 98.6 Å². The van der Waals surface area contributed by atoms with E-state index in [-0.39, 0.29) is 23.5 Å². The van der Waals surface area contributed by atoms with Gasteiger partial charge in [-0.1, -0.05) is 18.2 Å². The number of halogens is 1. The molecule has 0 radical (unpaired) electrons. The quantitative estimate of drug-likeness (QED) is 0.775. The number of carboxylic acids is 1. The van der Waals surface area contributed by atoms with Crippen molar-refractivity contribution in [2.75, 3.05) is 7.11 Å². The molecule has 0 heterocycles. The minimum absolute atomic E-state index is 0. The van der Waals surface area contributed by atoms with Gasteiger partial charge in [-0.05, 0) is 11.6 Å². The third-order valence-electron chi connectivity index (χ3n) is 1.98. The molecule has 0 amide bonds. The molecule has 0 aliphatic heterocycles. The zero-order valence-electron chi connectivity index (χ0n) is 8.54. The van der Waals surface area contributed by atoms with Gasteiger partial charge in [0.25, 0.3) is 0 Å². The summed E-state index contributed by atoms with van der Waals surface area (Å²) in [4.78, 5) is 22.0. The van der Waals surface area contributed by atoms with Crippen LogP contribution in [0.5, 0.6) is 0 Å². The van der Waals surface area contributed by atoms with Gasteiger partial charge in [-0.3, -0.25) is 4.79 Å². The summed E-state index contributed by atoms with van der Waals surface area (Å²) in [6, 6.07) is 5.00. The highest BCUT2D eigenvalue weighted by Gasteiger charge is 2.21. The van der Waals surface area contributed by atoms with E-state index >= 15 is 0 Å². The molecule has 0 aromatic heterocycles. The topological polar surface area (TPSA) is 89.6 Å². The number of hydrogen-bond donors (Lipinski definition) is 2. The number of esters is 1. The third-order valence-corrected chi connectivity index (χ3v) is 1.98. The van der Waals surface area contributed by atoms with E-state index in [1.807, 2.05) is 0 Å². The molecule has 1 atom stereocenters. The van der Waals surface area contributed by atoms with Gasteiger partial charge in [0.15, 0.2) is 0 Å². The van der Waals surface area contributed by atoms with Crippen molar-refractivity contribution in [1.82, 2.24) is 0 Å². The maximum Gasteiger partial charge on any atom is 0.336 e. The molecule has 0 fully saturated rings. The highest BCUT2D eigenvalue weighted by Crippen LogP contribution is 2.17. The van der Waals surface area contributed by atoms with Crippen molar-refractivity contribution in [2.24, 2.45) is 5.73 Å². The second kappa shape index (κ2) is 6.09. The lowest BCUT2D eigenvalue weighted by Crippen LogP contribution is -2.24. The number of hydrogen-bond acceptors (Lipinski definition) is 4. The van der Waals surface area contributed by atoms with E-state index in [9.17, 15) is 9.59 Å². The Bertz CT molecular complexity index is 394. The van der Waals surface area contributed by atoms with Crippen LogP contribution in [0.4, 0.5) is 0 Å². The Morgan fingerprint density at radius 3 is 2.44 bits per heavy atom. The van der Waals surface area contributed by atoms with Crippen molar-refractivity contribution in [1.29, 1.82) is 0 Å². The molecular weight excluding hydrogens is 234 g/mol. The summed E-state index contributed by atoms with van der Waals surface area (Å²) >= 11 is 0. The van der Waals surface area contributed by atoms with Crippen molar-refractivity contribution >= 4 is 24.3 Å². The lowest BCUT2D eigenvalue weighted by Gasteiger charge is -2.11. The van der Waals surface area contributed by atoms with Crippen LogP contribution in [-0.4, -0.2) is 24.2 Å². The van der Waals surface area contributed by atoms with Crippen molar-refractivity contribution in [3.05, 3.63) is 35.4 Å². The van der Waals surface area contributed by atoms with Gasteiger partial charge >= 0.3 is 11.9 Å². The van der Waals surface area contributed by atoms with Crippen LogP contribution in [-0.2, 0) is 9.53 Å². The maximum atomic E-state index is 11.1. The predicted molar refractivity (Wildman–Crippen MR) is 59.6 cm³/mol. The predicted octanol–water partition coefficient (Wildman–Crippen LogP) is 0.979. The molecule has 16 heavy (non-hydrogen) atoms. The van der Waals surface area contributed by atoms with Crippen molar-refractivity contribution in [3.8, 4) is 0 Å². The van der Waals surface area contributed by atoms with E-state index in [1.54, 1.807) is 12.1 Å². The first-order chi connectivity index (χ1) is 7.07. The van der Waals surface area contributed by atoms with Crippen molar-refractivity contribution in [3.63, 3.8) is 0 Å². The summed E-state index contributed by atoms with van der Waals surface area (Å²) in [6.07, 6.45) is 0. The maximum absolute atomic E-state index is 11.1. The Kier molecular flexibility index (Phi) is 5.49. The SMILES string of the molecule is COC(=O)[C@@H](N)c1ccccc1C(=O)O.Cl. The molecule has 1 aromatic carbocycles. The van der Waals surface area contributed by atoms with Crippen LogP contribution in [0.2, 0.25) is 0 Å². The molecule has 0 aliphatic carbocycles. The number of benzene rings is 1. The molecule has 88 valence electrons. The summed E-state index contributed by atoms with van der Waals surface area (Å²) in [5, 5.41) is 8.86. The zero-order chi connectivity index (χ0) is 11.4. The van der Waals surface area contributed by atoms with Crippen LogP contribution in [0.25, 0.3) is 0 Å². The highest BCUT2D eigenvalue weighted by molar-refractivity contribution is 5.92. The highest BCUT2D eigenvalue weighted by atomic mass is 35.5. The van der Waals surface area contributed by atoms with Gasteiger partial charge in [-0.2, -0.15) is 0 Å². The van der Waals surface area contributed by atoms with Crippen molar-refractivity contribution < 1.29 is 19.4 Å². The summed E-state index contributed by atoms with van der Waals surface area (Å²) in [7, 11) is 1.20. The molecule has 3 N–H and O–H groups in total. The third kappa shape index (κ3) is 2.95. The Morgan fingerprint density at radius 2 is 1.94 bits per heavy atom. The fourth-order valence-corrected chi connectivity index (χ4v) is 1.22. The van der Waals surface area contributed by atoms with Gasteiger partial charge in [0.05, 0.1) is 12.7 Å². The molecule has 0 saturated heterocycles. The van der Waals surface area contributed by atoms with Crippen LogP contribution >= 0.6 is 12.4 Å². The Hall–Kier alpha value is -1.59. The normalized spacial score (nSPS) is 11.1. The van der Waals surface area contributed by atoms with E-state index in [0.717, 1.165) is 0 Å². The number of nitrogens with two attached hydrogens (primary N) is 1. The average Bonchev–Trinajstić information content (AvgIpc) is 2.27. The number of aromatic carboxylic acids is 1. The molecule has 6 heteroatoms. The molecule has 0 unspecified atom stereocenters. The molecule has 1 aromatic rings. The molecule has 0 spiro atoms. The number of carboxylic acid groups (broad SMARTS) is 1. The van der Waals surface area contributed by atoms with Crippen LogP contribution in [0.3, 0.4) is 0 Å². The number of rotatable bonds is 3. The van der Waals surface area contributed by atoms with Gasteiger partial charge in [0, 0.05) is 0 Å². The average molecular weight is 246 g/mol. The van der Waals surface area contributed by atoms with Gasteiger partial charge in [-0.15, -0.1) is 12.4 Å². The first-order valence-electron chi connectivity index (χ1n) is 4.23. The van der Waals surface area contributed by atoms with Crippen LogP contribution in [0.15, 0.2) is 24.3 Å². The largest absolute Gasteiger partial charge is 0.478 e. The minimum Gasteiger partial charge on any atom is -0.478 e. The van der Waals surface area contributed by atoms with Crippen LogP contribution < -0.4 is 5.73 Å². The lowest BCUT2D eigenvalue weighted by atomic mass is 10.0. The fourth-order valence-electron chi connectivity index (χ4n) is 1.22. The first-order valence-corrected chi connectivity index (χ1v) is 4.23. The standard InChI is InChI=1S/C10H11NO4.ClH/c1-15-10(14)8(11)6-4-2-3-5-7(6)9(12)13;/h2-5,8H,11H2,1H3,(H,12,13);1H/t8-;/m0./s1. The van der Waals surface area contributed by atoms with Crippen LogP contribution in [0.1, 0.15) is 22.0 Å². The number of carbonyl (C=O) groups is 2. The summed E-state index contributed by atoms with van der Waals surface area (Å²) in [5.41, 5.74) is 5.81. The number of ether oxygens (including phenoxy) is 1. The van der Waals surface area contributed by atoms with Gasteiger partial charge < -0.3 is 15.6 Å². The fraction of sp³-hybridized carbons (Fsp3) is 0.200. The Balaban J connectivity index is 0.00000225. The second-order valence-corrected chi connectivity index (χ2v) is 2.89. The molecule has 1 rings (SSSR count). The molecule has 0 saturated carbocycles. The number of carbonyl (C=O) groups excluding carboxylic acids is 1. The summed E-state index contributed by atoms with van der Waals surface area (Å²) < 4.78 is 4.44. The number of methoxy groups -OCH3 is 1. The van der Waals surface area contributed by atoms with E-state index in [0.29, 0.717) is 0 Å². The van der Waals surface area contributed by atoms with Gasteiger partial charge in [0.2, 0.25) is 0 Å². The minimum atomic E-state index is -1.12. The van der Waals surface area contributed by atoms with E-state index < -0.39 is 18.0 Å². The van der Waals surface area contributed by atoms with Gasteiger partial charge in [-0.25, -0.2) is 4.79 Å². The molecule has 5 nitrogen and oxygen atoms in total. The summed E-state index contributed by atoms with van der Waals surface area (Å²) in [6.45, 7) is 0. The second-order valence-electron chi connectivity index (χ2n) is 2.89. The smallest absolute Gasteiger partial charge is 0.336 e. The van der Waals surface area contributed by atoms with Gasteiger partial charge in [0.1, 0.15) is 6.04 Å². The van der Waals surface area contributed by atoms with E-state index in [1.165, 1.54) is 19.2 Å². The Morgan fingerprint density at radius 1 is 1.38 bits per heavy atom. The van der Waals surface area contributed by atoms with Crippen LogP contribution in [0, 0.1) is 0 Å².